The standard InChI is InChI=1S/C33H37F3O/c1-3-5-7-9-23-11-20-31(37-22-23)27-17-18-28(30(34)21-27)24-12-14-25(15-13-24)29-19-16-26(10-8-6-4-2)32(35)33(29)36/h3,5,12-19,21,23,31H,4,6-11,20,22H2,1-2H3/b5-3+. The van der Waals surface area contributed by atoms with Gasteiger partial charge in [0.1, 0.15) is 5.82 Å². The van der Waals surface area contributed by atoms with E-state index < -0.39 is 11.6 Å². The predicted molar refractivity (Wildman–Crippen MR) is 146 cm³/mol. The third-order valence-corrected chi connectivity index (χ3v) is 7.43. The van der Waals surface area contributed by atoms with Gasteiger partial charge >= 0.3 is 0 Å². The van der Waals surface area contributed by atoms with Gasteiger partial charge in [-0.3, -0.25) is 0 Å². The van der Waals surface area contributed by atoms with Gasteiger partial charge in [0, 0.05) is 11.1 Å². The van der Waals surface area contributed by atoms with Crippen LogP contribution in [0.1, 0.15) is 76.0 Å². The van der Waals surface area contributed by atoms with Gasteiger partial charge in [-0.2, -0.15) is 0 Å². The number of unbranched alkanes of at least 4 members (excludes halogenated alkanes) is 2. The Morgan fingerprint density at radius 1 is 0.865 bits per heavy atom. The lowest BCUT2D eigenvalue weighted by Gasteiger charge is -2.29. The lowest BCUT2D eigenvalue weighted by molar-refractivity contribution is -0.0191. The van der Waals surface area contributed by atoms with Gasteiger partial charge in [0.15, 0.2) is 11.6 Å². The molecule has 4 rings (SSSR count). The van der Waals surface area contributed by atoms with Crippen molar-refractivity contribution in [3.8, 4) is 22.3 Å². The highest BCUT2D eigenvalue weighted by Crippen LogP contribution is 2.35. The third kappa shape index (κ3) is 6.73. The first-order valence-corrected chi connectivity index (χ1v) is 13.6. The van der Waals surface area contributed by atoms with Crippen LogP contribution >= 0.6 is 0 Å². The fraction of sp³-hybridized carbons (Fsp3) is 0.394. The van der Waals surface area contributed by atoms with Crippen molar-refractivity contribution in [3.05, 3.63) is 95.3 Å². The summed E-state index contributed by atoms with van der Waals surface area (Å²) in [5, 5.41) is 0. The number of benzene rings is 3. The topological polar surface area (TPSA) is 9.23 Å². The second-order valence-electron chi connectivity index (χ2n) is 10.1. The zero-order chi connectivity index (χ0) is 26.2. The van der Waals surface area contributed by atoms with Crippen LogP contribution < -0.4 is 0 Å². The number of aryl methyl sites for hydroxylation is 1. The normalized spacial score (nSPS) is 18.0. The predicted octanol–water partition coefficient (Wildman–Crippen LogP) is 9.99. The molecular weight excluding hydrogens is 469 g/mol. The smallest absolute Gasteiger partial charge is 0.166 e. The maximum atomic E-state index is 15.1. The Bertz CT molecular complexity index is 1190. The number of rotatable bonds is 10. The first-order chi connectivity index (χ1) is 18.0. The van der Waals surface area contributed by atoms with Crippen LogP contribution in [0, 0.1) is 23.4 Å². The van der Waals surface area contributed by atoms with Gasteiger partial charge in [0.25, 0.3) is 0 Å². The molecule has 2 atom stereocenters. The van der Waals surface area contributed by atoms with Gasteiger partial charge in [-0.15, -0.1) is 0 Å². The van der Waals surface area contributed by atoms with Crippen LogP contribution in [0.15, 0.2) is 66.7 Å². The average Bonchev–Trinajstić information content (AvgIpc) is 2.92. The zero-order valence-corrected chi connectivity index (χ0v) is 21.9. The van der Waals surface area contributed by atoms with Crippen LogP contribution in [0.25, 0.3) is 22.3 Å². The minimum Gasteiger partial charge on any atom is -0.373 e. The molecule has 196 valence electrons. The van der Waals surface area contributed by atoms with Crippen LogP contribution in [0.3, 0.4) is 0 Å². The Kier molecular flexibility index (Phi) is 9.62. The summed E-state index contributed by atoms with van der Waals surface area (Å²) in [4.78, 5) is 0. The zero-order valence-electron chi connectivity index (χ0n) is 21.9. The second kappa shape index (κ2) is 13.1. The van der Waals surface area contributed by atoms with E-state index in [1.54, 1.807) is 48.5 Å². The van der Waals surface area contributed by atoms with Crippen molar-refractivity contribution in [2.24, 2.45) is 5.92 Å². The van der Waals surface area contributed by atoms with Gasteiger partial charge < -0.3 is 4.74 Å². The van der Waals surface area contributed by atoms with Gasteiger partial charge in [-0.25, -0.2) is 13.2 Å². The molecule has 1 nitrogen and oxygen atoms in total. The van der Waals surface area contributed by atoms with Crippen molar-refractivity contribution >= 4 is 0 Å². The molecule has 1 aliphatic heterocycles. The number of hydrogen-bond donors (Lipinski definition) is 0. The lowest BCUT2D eigenvalue weighted by Crippen LogP contribution is -2.20. The molecule has 1 saturated heterocycles. The first kappa shape index (κ1) is 27.2. The molecule has 0 amide bonds. The molecule has 0 N–H and O–H groups in total. The molecule has 4 heteroatoms. The Morgan fingerprint density at radius 3 is 2.24 bits per heavy atom. The van der Waals surface area contributed by atoms with Crippen molar-refractivity contribution < 1.29 is 17.9 Å². The molecule has 0 aliphatic carbocycles. The average molecular weight is 507 g/mol. The Hall–Kier alpha value is -2.85. The Labute approximate surface area is 219 Å². The number of allylic oxidation sites excluding steroid dienone is 2. The summed E-state index contributed by atoms with van der Waals surface area (Å²) in [5.41, 5.74) is 3.24. The largest absolute Gasteiger partial charge is 0.373 e. The van der Waals surface area contributed by atoms with Crippen LogP contribution in [-0.2, 0) is 11.2 Å². The van der Waals surface area contributed by atoms with Gasteiger partial charge in [0.05, 0.1) is 12.7 Å². The number of ether oxygens (including phenoxy) is 1. The molecule has 1 heterocycles. The quantitative estimate of drug-likeness (QED) is 0.196. The van der Waals surface area contributed by atoms with E-state index in [2.05, 4.69) is 19.1 Å². The van der Waals surface area contributed by atoms with Crippen LogP contribution in [0.4, 0.5) is 13.2 Å². The van der Waals surface area contributed by atoms with Crippen molar-refractivity contribution in [1.82, 2.24) is 0 Å². The van der Waals surface area contributed by atoms with E-state index in [0.29, 0.717) is 41.2 Å². The monoisotopic (exact) mass is 506 g/mol. The molecule has 0 saturated carbocycles. The highest BCUT2D eigenvalue weighted by atomic mass is 19.2. The van der Waals surface area contributed by atoms with Crippen molar-refractivity contribution in [2.45, 2.75) is 71.3 Å². The SMILES string of the molecule is C/C=C/CCC1CCC(c2ccc(-c3ccc(-c4ccc(CCCCC)c(F)c4F)cc3)c(F)c2)OC1. The van der Waals surface area contributed by atoms with E-state index in [0.717, 1.165) is 50.5 Å². The van der Waals surface area contributed by atoms with Crippen LogP contribution in [0.2, 0.25) is 0 Å². The van der Waals surface area contributed by atoms with Crippen molar-refractivity contribution in [1.29, 1.82) is 0 Å². The van der Waals surface area contributed by atoms with Gasteiger partial charge in [-0.05, 0) is 79.7 Å². The minimum atomic E-state index is -0.825. The molecule has 0 radical (unpaired) electrons. The molecule has 2 unspecified atom stereocenters. The molecule has 37 heavy (non-hydrogen) atoms. The summed E-state index contributed by atoms with van der Waals surface area (Å²) in [5.74, 6) is -1.34. The molecule has 0 bridgehead atoms. The van der Waals surface area contributed by atoms with Crippen LogP contribution in [-0.4, -0.2) is 6.61 Å². The number of halogens is 3. The molecular formula is C33H37F3O. The molecule has 3 aromatic rings. The van der Waals surface area contributed by atoms with E-state index in [1.165, 1.54) is 0 Å². The highest BCUT2D eigenvalue weighted by Gasteiger charge is 2.23. The van der Waals surface area contributed by atoms with E-state index in [9.17, 15) is 8.78 Å². The van der Waals surface area contributed by atoms with Crippen molar-refractivity contribution in [2.75, 3.05) is 6.61 Å². The summed E-state index contributed by atoms with van der Waals surface area (Å²) in [6, 6.07) is 15.5. The summed E-state index contributed by atoms with van der Waals surface area (Å²) >= 11 is 0. The van der Waals surface area contributed by atoms with Crippen LogP contribution in [0.5, 0.6) is 0 Å². The Morgan fingerprint density at radius 2 is 1.59 bits per heavy atom. The maximum absolute atomic E-state index is 15.1. The molecule has 0 spiro atoms. The van der Waals surface area contributed by atoms with Gasteiger partial charge in [0.2, 0.25) is 0 Å². The van der Waals surface area contributed by atoms with E-state index in [4.69, 9.17) is 4.74 Å². The van der Waals surface area contributed by atoms with E-state index in [-0.39, 0.29) is 17.5 Å². The fourth-order valence-electron chi connectivity index (χ4n) is 5.16. The molecule has 1 aliphatic rings. The Balaban J connectivity index is 1.43. The molecule has 0 aromatic heterocycles. The second-order valence-corrected chi connectivity index (χ2v) is 10.1. The first-order valence-electron chi connectivity index (χ1n) is 13.6. The lowest BCUT2D eigenvalue weighted by atomic mass is 9.90. The van der Waals surface area contributed by atoms with E-state index in [1.807, 2.05) is 13.0 Å². The molecule has 1 fully saturated rings. The molecule has 3 aromatic carbocycles. The van der Waals surface area contributed by atoms with E-state index >= 15 is 4.39 Å². The number of hydrogen-bond acceptors (Lipinski definition) is 1. The third-order valence-electron chi connectivity index (χ3n) is 7.43. The maximum Gasteiger partial charge on any atom is 0.166 e. The minimum absolute atomic E-state index is 0.0771. The van der Waals surface area contributed by atoms with Crippen molar-refractivity contribution in [3.63, 3.8) is 0 Å². The summed E-state index contributed by atoms with van der Waals surface area (Å²) in [7, 11) is 0. The van der Waals surface area contributed by atoms with Gasteiger partial charge in [-0.1, -0.05) is 80.4 Å². The summed E-state index contributed by atoms with van der Waals surface area (Å²) < 4.78 is 50.6. The summed E-state index contributed by atoms with van der Waals surface area (Å²) in [6.07, 6.45) is 11.8. The highest BCUT2D eigenvalue weighted by molar-refractivity contribution is 5.71. The fourth-order valence-corrected chi connectivity index (χ4v) is 5.16. The summed E-state index contributed by atoms with van der Waals surface area (Å²) in [6.45, 7) is 4.83.